The molecule has 2 rings (SSSR count). The first-order chi connectivity index (χ1) is 9.10. The van der Waals surface area contributed by atoms with E-state index in [-0.39, 0.29) is 6.04 Å². The number of benzene rings is 1. The molecule has 5 heteroatoms. The highest BCUT2D eigenvalue weighted by molar-refractivity contribution is 14.1. The largest absolute Gasteiger partial charge is 0.310 e. The molecule has 2 nitrogen and oxygen atoms in total. The van der Waals surface area contributed by atoms with Gasteiger partial charge in [-0.1, -0.05) is 18.5 Å². The second-order valence-electron chi connectivity index (χ2n) is 4.34. The van der Waals surface area contributed by atoms with E-state index in [1.807, 2.05) is 13.0 Å². The van der Waals surface area contributed by atoms with E-state index < -0.39 is 0 Å². The minimum Gasteiger partial charge on any atom is -0.310 e. The van der Waals surface area contributed by atoms with Crippen molar-refractivity contribution in [2.75, 3.05) is 6.54 Å². The Morgan fingerprint density at radius 1 is 1.47 bits per heavy atom. The number of likely N-dealkylation sites (N-methyl/N-ethyl adjacent to an activating group) is 1. The standard InChI is InChI=1S/C14H16ClIN2S/c1-3-17-14(7-11-8-19-9(2)18-11)12-6-10(15)4-5-13(12)16/h4-6,8,14,17H,3,7H2,1-2H3. The summed E-state index contributed by atoms with van der Waals surface area (Å²) >= 11 is 10.2. The molecule has 0 saturated heterocycles. The summed E-state index contributed by atoms with van der Waals surface area (Å²) in [4.78, 5) is 4.55. The van der Waals surface area contributed by atoms with Gasteiger partial charge in [0, 0.05) is 26.4 Å². The van der Waals surface area contributed by atoms with Gasteiger partial charge in [-0.15, -0.1) is 11.3 Å². The van der Waals surface area contributed by atoms with Gasteiger partial charge in [0.15, 0.2) is 0 Å². The highest BCUT2D eigenvalue weighted by atomic mass is 127. The summed E-state index contributed by atoms with van der Waals surface area (Å²) in [5, 5.41) is 7.56. The van der Waals surface area contributed by atoms with Crippen molar-refractivity contribution in [2.24, 2.45) is 0 Å². The van der Waals surface area contributed by atoms with Gasteiger partial charge in [-0.3, -0.25) is 0 Å². The SMILES string of the molecule is CCNC(Cc1csc(C)n1)c1cc(Cl)ccc1I. The normalized spacial score (nSPS) is 12.6. The van der Waals surface area contributed by atoms with Gasteiger partial charge in [-0.2, -0.15) is 0 Å². The fourth-order valence-corrected chi connectivity index (χ4v) is 3.55. The van der Waals surface area contributed by atoms with E-state index in [1.165, 1.54) is 9.13 Å². The summed E-state index contributed by atoms with van der Waals surface area (Å²) in [5.74, 6) is 0. The van der Waals surface area contributed by atoms with Crippen molar-refractivity contribution in [3.63, 3.8) is 0 Å². The molecule has 0 saturated carbocycles. The maximum absolute atomic E-state index is 6.12. The van der Waals surface area contributed by atoms with Gasteiger partial charge in [0.2, 0.25) is 0 Å². The minimum atomic E-state index is 0.261. The fourth-order valence-electron chi connectivity index (χ4n) is 2.03. The Balaban J connectivity index is 2.26. The summed E-state index contributed by atoms with van der Waals surface area (Å²) < 4.78 is 1.24. The zero-order chi connectivity index (χ0) is 13.8. The second kappa shape index (κ2) is 7.02. The van der Waals surface area contributed by atoms with Crippen molar-refractivity contribution in [1.82, 2.24) is 10.3 Å². The van der Waals surface area contributed by atoms with E-state index in [0.29, 0.717) is 0 Å². The van der Waals surface area contributed by atoms with Crippen LogP contribution in [0.25, 0.3) is 0 Å². The minimum absolute atomic E-state index is 0.261. The molecule has 0 spiro atoms. The summed E-state index contributed by atoms with van der Waals surface area (Å²) in [6.07, 6.45) is 0.897. The molecule has 0 aliphatic rings. The number of hydrogen-bond acceptors (Lipinski definition) is 3. The number of aryl methyl sites for hydroxylation is 1. The van der Waals surface area contributed by atoms with Gasteiger partial charge in [0.25, 0.3) is 0 Å². The maximum atomic E-state index is 6.12. The van der Waals surface area contributed by atoms with Crippen molar-refractivity contribution in [1.29, 1.82) is 0 Å². The molecule has 1 atom stereocenters. The second-order valence-corrected chi connectivity index (χ2v) is 7.00. The van der Waals surface area contributed by atoms with Crippen LogP contribution in [0.2, 0.25) is 5.02 Å². The van der Waals surface area contributed by atoms with Crippen LogP contribution in [0.1, 0.15) is 29.2 Å². The zero-order valence-electron chi connectivity index (χ0n) is 10.9. The van der Waals surface area contributed by atoms with Gasteiger partial charge in [-0.25, -0.2) is 4.98 Å². The number of nitrogens with zero attached hydrogens (tertiary/aromatic N) is 1. The molecule has 1 unspecified atom stereocenters. The van der Waals surface area contributed by atoms with Crippen LogP contribution in [0, 0.1) is 10.5 Å². The molecule has 0 amide bonds. The van der Waals surface area contributed by atoms with Gasteiger partial charge < -0.3 is 5.32 Å². The summed E-state index contributed by atoms with van der Waals surface area (Å²) in [7, 11) is 0. The van der Waals surface area contributed by atoms with E-state index in [2.05, 4.69) is 57.3 Å². The number of rotatable bonds is 5. The lowest BCUT2D eigenvalue weighted by Gasteiger charge is -2.19. The van der Waals surface area contributed by atoms with Crippen LogP contribution in [-0.4, -0.2) is 11.5 Å². The molecule has 0 fully saturated rings. The highest BCUT2D eigenvalue weighted by Crippen LogP contribution is 2.26. The first kappa shape index (κ1) is 15.2. The van der Waals surface area contributed by atoms with Crippen molar-refractivity contribution >= 4 is 45.5 Å². The number of hydrogen-bond donors (Lipinski definition) is 1. The van der Waals surface area contributed by atoms with E-state index in [1.54, 1.807) is 11.3 Å². The topological polar surface area (TPSA) is 24.9 Å². The summed E-state index contributed by atoms with van der Waals surface area (Å²) in [5.41, 5.74) is 2.39. The van der Waals surface area contributed by atoms with Crippen LogP contribution in [0.4, 0.5) is 0 Å². The molecule has 1 aromatic heterocycles. The fraction of sp³-hybridized carbons (Fsp3) is 0.357. The molecule has 1 N–H and O–H groups in total. The van der Waals surface area contributed by atoms with E-state index in [0.717, 1.165) is 28.7 Å². The monoisotopic (exact) mass is 406 g/mol. The third kappa shape index (κ3) is 4.15. The molecule has 1 heterocycles. The van der Waals surface area contributed by atoms with E-state index in [4.69, 9.17) is 11.6 Å². The Hall–Kier alpha value is -0.170. The average molecular weight is 407 g/mol. The van der Waals surface area contributed by atoms with Crippen LogP contribution >= 0.6 is 45.5 Å². The third-order valence-corrected chi connectivity index (χ3v) is 4.90. The predicted molar refractivity (Wildman–Crippen MR) is 91.1 cm³/mol. The number of halogens is 2. The Bertz CT molecular complexity index is 556. The van der Waals surface area contributed by atoms with E-state index >= 15 is 0 Å². The van der Waals surface area contributed by atoms with Crippen LogP contribution in [0.5, 0.6) is 0 Å². The first-order valence-electron chi connectivity index (χ1n) is 6.19. The zero-order valence-corrected chi connectivity index (χ0v) is 14.6. The Kier molecular flexibility index (Phi) is 5.62. The predicted octanol–water partition coefficient (Wildman–Crippen LogP) is 4.60. The van der Waals surface area contributed by atoms with E-state index in [9.17, 15) is 0 Å². The molecule has 0 aliphatic heterocycles. The quantitative estimate of drug-likeness (QED) is 0.734. The van der Waals surface area contributed by atoms with Crippen LogP contribution in [-0.2, 0) is 6.42 Å². The Morgan fingerprint density at radius 2 is 2.26 bits per heavy atom. The van der Waals surface area contributed by atoms with Crippen LogP contribution in [0.3, 0.4) is 0 Å². The lowest BCUT2D eigenvalue weighted by atomic mass is 10.0. The molecule has 102 valence electrons. The highest BCUT2D eigenvalue weighted by Gasteiger charge is 2.16. The van der Waals surface area contributed by atoms with Gasteiger partial charge in [0.05, 0.1) is 10.7 Å². The van der Waals surface area contributed by atoms with Crippen molar-refractivity contribution < 1.29 is 0 Å². The molecular weight excluding hydrogens is 391 g/mol. The average Bonchev–Trinajstić information content (AvgIpc) is 2.77. The lowest BCUT2D eigenvalue weighted by Crippen LogP contribution is -2.24. The Labute approximate surface area is 136 Å². The number of aromatic nitrogens is 1. The van der Waals surface area contributed by atoms with Gasteiger partial charge >= 0.3 is 0 Å². The molecule has 0 radical (unpaired) electrons. The summed E-state index contributed by atoms with van der Waals surface area (Å²) in [6.45, 7) is 5.09. The van der Waals surface area contributed by atoms with Crippen LogP contribution in [0.15, 0.2) is 23.6 Å². The first-order valence-corrected chi connectivity index (χ1v) is 8.53. The number of thiazole rings is 1. The molecule has 2 aromatic rings. The smallest absolute Gasteiger partial charge is 0.0897 e. The lowest BCUT2D eigenvalue weighted by molar-refractivity contribution is 0.543. The Morgan fingerprint density at radius 3 is 2.89 bits per heavy atom. The van der Waals surface area contributed by atoms with Gasteiger partial charge in [-0.05, 0) is 59.8 Å². The molecule has 0 bridgehead atoms. The van der Waals surface area contributed by atoms with Crippen molar-refractivity contribution in [3.8, 4) is 0 Å². The third-order valence-electron chi connectivity index (χ3n) is 2.86. The molecule has 1 aromatic carbocycles. The van der Waals surface area contributed by atoms with Crippen molar-refractivity contribution in [2.45, 2.75) is 26.3 Å². The molecule has 0 aliphatic carbocycles. The van der Waals surface area contributed by atoms with Gasteiger partial charge in [0.1, 0.15) is 0 Å². The van der Waals surface area contributed by atoms with Crippen molar-refractivity contribution in [3.05, 3.63) is 48.4 Å². The molecular formula is C14H16ClIN2S. The van der Waals surface area contributed by atoms with Crippen LogP contribution < -0.4 is 5.32 Å². The number of nitrogens with one attached hydrogen (secondary N) is 1. The molecule has 19 heavy (non-hydrogen) atoms. The maximum Gasteiger partial charge on any atom is 0.0897 e. The summed E-state index contributed by atoms with van der Waals surface area (Å²) in [6, 6.07) is 6.31.